The molecule has 0 bridgehead atoms. The van der Waals surface area contributed by atoms with Gasteiger partial charge in [0.2, 0.25) is 5.91 Å². The quantitative estimate of drug-likeness (QED) is 0.743. The van der Waals surface area contributed by atoms with Gasteiger partial charge in [-0.2, -0.15) is 0 Å². The van der Waals surface area contributed by atoms with Crippen LogP contribution in [0.1, 0.15) is 23.8 Å². The van der Waals surface area contributed by atoms with Gasteiger partial charge in [0, 0.05) is 17.5 Å². The summed E-state index contributed by atoms with van der Waals surface area (Å²) >= 11 is 1.75. The van der Waals surface area contributed by atoms with Crippen LogP contribution >= 0.6 is 11.3 Å². The smallest absolute Gasteiger partial charge is 0.221 e. The summed E-state index contributed by atoms with van der Waals surface area (Å²) in [6, 6.07) is 5.48. The van der Waals surface area contributed by atoms with Crippen LogP contribution in [0.2, 0.25) is 0 Å². The number of thiophene rings is 1. The largest absolute Gasteiger partial charge is 0.495 e. The lowest BCUT2D eigenvalue weighted by molar-refractivity contribution is -0.114. The van der Waals surface area contributed by atoms with E-state index in [-0.39, 0.29) is 5.91 Å². The van der Waals surface area contributed by atoms with Crippen molar-refractivity contribution in [2.24, 2.45) is 0 Å². The summed E-state index contributed by atoms with van der Waals surface area (Å²) in [6.07, 6.45) is 4.96. The zero-order chi connectivity index (χ0) is 17.4. The van der Waals surface area contributed by atoms with Crippen molar-refractivity contribution in [3.8, 4) is 5.75 Å². The van der Waals surface area contributed by atoms with Gasteiger partial charge in [-0.25, -0.2) is 9.97 Å². The summed E-state index contributed by atoms with van der Waals surface area (Å²) in [5, 5.41) is 7.27. The highest BCUT2D eigenvalue weighted by Gasteiger charge is 2.21. The minimum absolute atomic E-state index is 0.115. The molecule has 2 aromatic heterocycles. The third-order valence-electron chi connectivity index (χ3n) is 4.27. The fraction of sp³-hybridized carbons (Fsp3) is 0.278. The van der Waals surface area contributed by atoms with E-state index in [4.69, 9.17) is 4.74 Å². The van der Waals surface area contributed by atoms with Crippen LogP contribution in [0.5, 0.6) is 5.75 Å². The fourth-order valence-electron chi connectivity index (χ4n) is 3.24. The van der Waals surface area contributed by atoms with Crippen molar-refractivity contribution in [2.75, 3.05) is 17.7 Å². The summed E-state index contributed by atoms with van der Waals surface area (Å²) < 4.78 is 5.45. The Morgan fingerprint density at radius 2 is 2.16 bits per heavy atom. The third kappa shape index (κ3) is 2.91. The van der Waals surface area contributed by atoms with Gasteiger partial charge in [0.15, 0.2) is 0 Å². The maximum Gasteiger partial charge on any atom is 0.221 e. The lowest BCUT2D eigenvalue weighted by Gasteiger charge is -2.13. The number of benzene rings is 1. The maximum absolute atomic E-state index is 11.3. The predicted octanol–water partition coefficient (Wildman–Crippen LogP) is 3.89. The van der Waals surface area contributed by atoms with Crippen molar-refractivity contribution in [3.05, 3.63) is 35.0 Å². The first-order valence-electron chi connectivity index (χ1n) is 8.13. The molecule has 0 radical (unpaired) electrons. The molecule has 3 aromatic rings. The second kappa shape index (κ2) is 6.33. The van der Waals surface area contributed by atoms with Crippen LogP contribution in [0.25, 0.3) is 10.2 Å². The average molecular weight is 354 g/mol. The molecule has 2 heterocycles. The number of aryl methyl sites for hydroxylation is 2. The Labute approximate surface area is 149 Å². The fourth-order valence-corrected chi connectivity index (χ4v) is 4.47. The van der Waals surface area contributed by atoms with E-state index < -0.39 is 0 Å². The van der Waals surface area contributed by atoms with Gasteiger partial charge >= 0.3 is 0 Å². The maximum atomic E-state index is 11.3. The van der Waals surface area contributed by atoms with Crippen LogP contribution in [-0.4, -0.2) is 23.0 Å². The molecule has 1 amide bonds. The third-order valence-corrected chi connectivity index (χ3v) is 5.47. The molecule has 0 unspecified atom stereocenters. The molecular formula is C18H18N4O2S. The van der Waals surface area contributed by atoms with E-state index in [1.54, 1.807) is 24.8 Å². The van der Waals surface area contributed by atoms with Gasteiger partial charge in [0.05, 0.1) is 18.2 Å². The number of amides is 1. The van der Waals surface area contributed by atoms with Crippen molar-refractivity contribution < 1.29 is 9.53 Å². The molecule has 6 nitrogen and oxygen atoms in total. The number of fused-ring (bicyclic) bond motifs is 3. The van der Waals surface area contributed by atoms with E-state index in [1.165, 1.54) is 23.8 Å². The number of carbonyl (C=O) groups excluding carboxylic acids is 1. The van der Waals surface area contributed by atoms with Crippen LogP contribution in [0, 0.1) is 0 Å². The summed E-state index contributed by atoms with van der Waals surface area (Å²) in [7, 11) is 1.62. The molecule has 25 heavy (non-hydrogen) atoms. The first-order chi connectivity index (χ1) is 12.2. The molecule has 1 aromatic carbocycles. The Hall–Kier alpha value is -2.67. The molecular weight excluding hydrogens is 336 g/mol. The number of methoxy groups -OCH3 is 1. The molecule has 0 atom stereocenters. The van der Waals surface area contributed by atoms with Crippen molar-refractivity contribution in [2.45, 2.75) is 26.2 Å². The first-order valence-corrected chi connectivity index (χ1v) is 8.95. The Balaban J connectivity index is 1.77. The van der Waals surface area contributed by atoms with E-state index >= 15 is 0 Å². The molecule has 0 saturated carbocycles. The SMILES string of the molecule is COc1ccc(NC(C)=O)cc1Nc1ncnc2sc3c(c12)CCC3. The topological polar surface area (TPSA) is 76.1 Å². The predicted molar refractivity (Wildman–Crippen MR) is 100 cm³/mol. The van der Waals surface area contributed by atoms with Gasteiger partial charge in [0.1, 0.15) is 22.7 Å². The summed E-state index contributed by atoms with van der Waals surface area (Å²) in [6.45, 7) is 1.49. The van der Waals surface area contributed by atoms with Crippen molar-refractivity contribution in [1.29, 1.82) is 0 Å². The standard InChI is InChI=1S/C18H18N4O2S/c1-10(23)21-11-6-7-14(24-2)13(8-11)22-17-16-12-4-3-5-15(12)25-18(16)20-9-19-17/h6-9H,3-5H2,1-2H3,(H,21,23)(H,19,20,22). The monoisotopic (exact) mass is 354 g/mol. The van der Waals surface area contributed by atoms with Gasteiger partial charge in [0.25, 0.3) is 0 Å². The number of aromatic nitrogens is 2. The second-order valence-electron chi connectivity index (χ2n) is 5.98. The summed E-state index contributed by atoms with van der Waals surface area (Å²) in [4.78, 5) is 22.6. The highest BCUT2D eigenvalue weighted by atomic mass is 32.1. The first kappa shape index (κ1) is 15.8. The normalized spacial score (nSPS) is 12.9. The van der Waals surface area contributed by atoms with Crippen LogP contribution in [0.4, 0.5) is 17.2 Å². The minimum Gasteiger partial charge on any atom is -0.495 e. The Kier molecular flexibility index (Phi) is 4.01. The second-order valence-corrected chi connectivity index (χ2v) is 7.06. The van der Waals surface area contributed by atoms with Crippen molar-refractivity contribution in [3.63, 3.8) is 0 Å². The summed E-state index contributed by atoms with van der Waals surface area (Å²) in [5.74, 6) is 1.35. The molecule has 0 aliphatic heterocycles. The number of ether oxygens (including phenoxy) is 1. The molecule has 4 rings (SSSR count). The average Bonchev–Trinajstić information content (AvgIpc) is 3.15. The Bertz CT molecular complexity index is 967. The number of nitrogens with zero attached hydrogens (tertiary/aromatic N) is 2. The Morgan fingerprint density at radius 3 is 2.96 bits per heavy atom. The number of anilines is 3. The number of carbonyl (C=O) groups is 1. The van der Waals surface area contributed by atoms with E-state index in [9.17, 15) is 4.79 Å². The van der Waals surface area contributed by atoms with Gasteiger partial charge in [-0.1, -0.05) is 0 Å². The van der Waals surface area contributed by atoms with Crippen LogP contribution in [0.15, 0.2) is 24.5 Å². The van der Waals surface area contributed by atoms with Crippen LogP contribution in [0.3, 0.4) is 0 Å². The number of hydrogen-bond donors (Lipinski definition) is 2. The van der Waals surface area contributed by atoms with Crippen LogP contribution < -0.4 is 15.4 Å². The highest BCUT2D eigenvalue weighted by molar-refractivity contribution is 7.19. The number of nitrogens with one attached hydrogen (secondary N) is 2. The molecule has 1 aliphatic rings. The van der Waals surface area contributed by atoms with Crippen molar-refractivity contribution in [1.82, 2.24) is 9.97 Å². The molecule has 0 spiro atoms. The van der Waals surface area contributed by atoms with Crippen molar-refractivity contribution >= 4 is 44.7 Å². The lowest BCUT2D eigenvalue weighted by Crippen LogP contribution is -2.06. The zero-order valence-electron chi connectivity index (χ0n) is 14.0. The van der Waals surface area contributed by atoms with E-state index in [1.807, 2.05) is 18.2 Å². The van der Waals surface area contributed by atoms with Gasteiger partial charge < -0.3 is 15.4 Å². The number of rotatable bonds is 4. The molecule has 128 valence electrons. The lowest BCUT2D eigenvalue weighted by atomic mass is 10.2. The molecule has 0 saturated heterocycles. The highest BCUT2D eigenvalue weighted by Crippen LogP contribution is 2.40. The molecule has 1 aliphatic carbocycles. The van der Waals surface area contributed by atoms with Gasteiger partial charge in [-0.05, 0) is 43.0 Å². The van der Waals surface area contributed by atoms with E-state index in [0.29, 0.717) is 11.4 Å². The van der Waals surface area contributed by atoms with Crippen LogP contribution in [-0.2, 0) is 17.6 Å². The van der Waals surface area contributed by atoms with Gasteiger partial charge in [-0.3, -0.25) is 4.79 Å². The molecule has 2 N–H and O–H groups in total. The molecule has 0 fully saturated rings. The van der Waals surface area contributed by atoms with Gasteiger partial charge in [-0.15, -0.1) is 11.3 Å². The van der Waals surface area contributed by atoms with E-state index in [2.05, 4.69) is 20.6 Å². The zero-order valence-corrected chi connectivity index (χ0v) is 14.9. The summed E-state index contributed by atoms with van der Waals surface area (Å²) in [5.41, 5.74) is 2.82. The number of hydrogen-bond acceptors (Lipinski definition) is 6. The Morgan fingerprint density at radius 1 is 1.28 bits per heavy atom. The minimum atomic E-state index is -0.115. The van der Waals surface area contributed by atoms with E-state index in [0.717, 1.165) is 34.6 Å². The molecule has 7 heteroatoms.